The lowest BCUT2D eigenvalue weighted by atomic mass is 10.0. The normalized spacial score (nSPS) is 17.1. The fraction of sp³-hybridized carbons (Fsp3) is 0.571. The standard InChI is InChI=1S/C14H19ClO2/c1-11-2-3-14(13(8-11)9-15)17-10-12-4-6-16-7-5-12/h2-3,8,12H,4-7,9-10H2,1H3. The zero-order valence-corrected chi connectivity index (χ0v) is 11.0. The van der Waals surface area contributed by atoms with Crippen LogP contribution in [0.5, 0.6) is 5.75 Å². The van der Waals surface area contributed by atoms with Crippen LogP contribution >= 0.6 is 11.6 Å². The average Bonchev–Trinajstić information content (AvgIpc) is 2.38. The van der Waals surface area contributed by atoms with Crippen molar-refractivity contribution < 1.29 is 9.47 Å². The van der Waals surface area contributed by atoms with Gasteiger partial charge in [-0.3, -0.25) is 0 Å². The maximum absolute atomic E-state index is 5.93. The Labute approximate surface area is 108 Å². The van der Waals surface area contributed by atoms with Gasteiger partial charge >= 0.3 is 0 Å². The number of aryl methyl sites for hydroxylation is 1. The molecule has 0 unspecified atom stereocenters. The number of alkyl halides is 1. The molecule has 1 saturated heterocycles. The summed E-state index contributed by atoms with van der Waals surface area (Å²) in [7, 11) is 0. The molecule has 1 aromatic rings. The molecule has 0 N–H and O–H groups in total. The van der Waals surface area contributed by atoms with Gasteiger partial charge in [0.05, 0.1) is 12.5 Å². The molecule has 0 atom stereocenters. The Kier molecular flexibility index (Phi) is 4.69. The summed E-state index contributed by atoms with van der Waals surface area (Å²) in [5.74, 6) is 2.05. The summed E-state index contributed by atoms with van der Waals surface area (Å²) in [6.07, 6.45) is 2.20. The summed E-state index contributed by atoms with van der Waals surface area (Å²) in [5.41, 5.74) is 2.30. The Bertz CT molecular complexity index is 359. The first-order valence-corrected chi connectivity index (χ1v) is 6.69. The molecular weight excluding hydrogens is 236 g/mol. The molecule has 1 heterocycles. The van der Waals surface area contributed by atoms with E-state index in [1.54, 1.807) is 0 Å². The van der Waals surface area contributed by atoms with Crippen molar-refractivity contribution in [2.45, 2.75) is 25.6 Å². The third-order valence-electron chi connectivity index (χ3n) is 3.18. The van der Waals surface area contributed by atoms with Crippen LogP contribution in [-0.2, 0) is 10.6 Å². The predicted molar refractivity (Wildman–Crippen MR) is 69.8 cm³/mol. The monoisotopic (exact) mass is 254 g/mol. The summed E-state index contributed by atoms with van der Waals surface area (Å²) >= 11 is 5.93. The van der Waals surface area contributed by atoms with Gasteiger partial charge in [0.2, 0.25) is 0 Å². The number of rotatable bonds is 4. The first-order valence-electron chi connectivity index (χ1n) is 6.15. The molecule has 0 radical (unpaired) electrons. The molecule has 2 rings (SSSR count). The number of halogens is 1. The van der Waals surface area contributed by atoms with Crippen LogP contribution in [0.25, 0.3) is 0 Å². The number of ether oxygens (including phenoxy) is 2. The molecule has 0 bridgehead atoms. The highest BCUT2D eigenvalue weighted by Gasteiger charge is 2.15. The maximum Gasteiger partial charge on any atom is 0.123 e. The molecular formula is C14H19ClO2. The molecule has 0 spiro atoms. The summed E-state index contributed by atoms with van der Waals surface area (Å²) in [6, 6.07) is 6.17. The van der Waals surface area contributed by atoms with E-state index in [4.69, 9.17) is 21.1 Å². The first kappa shape index (κ1) is 12.7. The van der Waals surface area contributed by atoms with Gasteiger partial charge in [0.1, 0.15) is 5.75 Å². The first-order chi connectivity index (χ1) is 8.29. The molecule has 1 fully saturated rings. The summed E-state index contributed by atoms with van der Waals surface area (Å²) in [4.78, 5) is 0. The Hall–Kier alpha value is -0.730. The second-order valence-corrected chi connectivity index (χ2v) is 4.88. The van der Waals surface area contributed by atoms with E-state index in [2.05, 4.69) is 19.1 Å². The van der Waals surface area contributed by atoms with Gasteiger partial charge in [-0.1, -0.05) is 17.7 Å². The van der Waals surface area contributed by atoms with E-state index in [1.807, 2.05) is 6.07 Å². The van der Waals surface area contributed by atoms with Crippen molar-refractivity contribution in [1.29, 1.82) is 0 Å². The van der Waals surface area contributed by atoms with Gasteiger partial charge in [-0.15, -0.1) is 11.6 Å². The Morgan fingerprint density at radius 1 is 1.35 bits per heavy atom. The number of hydrogen-bond donors (Lipinski definition) is 0. The zero-order chi connectivity index (χ0) is 12.1. The van der Waals surface area contributed by atoms with E-state index >= 15 is 0 Å². The molecule has 0 saturated carbocycles. The van der Waals surface area contributed by atoms with Crippen LogP contribution in [0.15, 0.2) is 18.2 Å². The molecule has 0 aliphatic carbocycles. The van der Waals surface area contributed by atoms with Gasteiger partial charge in [-0.25, -0.2) is 0 Å². The van der Waals surface area contributed by atoms with Gasteiger partial charge in [-0.05, 0) is 31.7 Å². The van der Waals surface area contributed by atoms with E-state index in [0.717, 1.165) is 44.0 Å². The smallest absolute Gasteiger partial charge is 0.123 e. The highest BCUT2D eigenvalue weighted by atomic mass is 35.5. The van der Waals surface area contributed by atoms with Crippen LogP contribution in [0.2, 0.25) is 0 Å². The minimum absolute atomic E-state index is 0.505. The van der Waals surface area contributed by atoms with Gasteiger partial charge in [0, 0.05) is 18.8 Å². The van der Waals surface area contributed by atoms with Gasteiger partial charge in [0.25, 0.3) is 0 Å². The fourth-order valence-corrected chi connectivity index (χ4v) is 2.28. The number of hydrogen-bond acceptors (Lipinski definition) is 2. The second-order valence-electron chi connectivity index (χ2n) is 4.61. The van der Waals surface area contributed by atoms with Gasteiger partial charge in [-0.2, -0.15) is 0 Å². The SMILES string of the molecule is Cc1ccc(OCC2CCOCC2)c(CCl)c1. The van der Waals surface area contributed by atoms with E-state index in [1.165, 1.54) is 5.56 Å². The highest BCUT2D eigenvalue weighted by molar-refractivity contribution is 6.17. The van der Waals surface area contributed by atoms with Crippen molar-refractivity contribution in [2.24, 2.45) is 5.92 Å². The second kappa shape index (κ2) is 6.27. The van der Waals surface area contributed by atoms with Crippen molar-refractivity contribution in [3.05, 3.63) is 29.3 Å². The Balaban J connectivity index is 1.93. The van der Waals surface area contributed by atoms with Gasteiger partial charge < -0.3 is 9.47 Å². The van der Waals surface area contributed by atoms with E-state index < -0.39 is 0 Å². The van der Waals surface area contributed by atoms with Crippen molar-refractivity contribution in [3.63, 3.8) is 0 Å². The third kappa shape index (κ3) is 3.62. The lowest BCUT2D eigenvalue weighted by molar-refractivity contribution is 0.0496. The van der Waals surface area contributed by atoms with Crippen molar-refractivity contribution in [3.8, 4) is 5.75 Å². The summed E-state index contributed by atoms with van der Waals surface area (Å²) in [6.45, 7) is 4.57. The molecule has 1 aliphatic rings. The van der Waals surface area contributed by atoms with E-state index in [9.17, 15) is 0 Å². The zero-order valence-electron chi connectivity index (χ0n) is 10.2. The van der Waals surface area contributed by atoms with Crippen LogP contribution in [0.1, 0.15) is 24.0 Å². The highest BCUT2D eigenvalue weighted by Crippen LogP contribution is 2.24. The molecule has 3 heteroatoms. The molecule has 94 valence electrons. The van der Waals surface area contributed by atoms with Crippen LogP contribution in [0.4, 0.5) is 0 Å². The lowest BCUT2D eigenvalue weighted by Gasteiger charge is -2.22. The minimum Gasteiger partial charge on any atom is -0.493 e. The van der Waals surface area contributed by atoms with E-state index in [-0.39, 0.29) is 0 Å². The maximum atomic E-state index is 5.93. The van der Waals surface area contributed by atoms with E-state index in [0.29, 0.717) is 11.8 Å². The molecule has 17 heavy (non-hydrogen) atoms. The molecule has 0 aromatic heterocycles. The van der Waals surface area contributed by atoms with Crippen molar-refractivity contribution in [2.75, 3.05) is 19.8 Å². The van der Waals surface area contributed by atoms with Crippen molar-refractivity contribution in [1.82, 2.24) is 0 Å². The van der Waals surface area contributed by atoms with Crippen LogP contribution in [0, 0.1) is 12.8 Å². The van der Waals surface area contributed by atoms with Gasteiger partial charge in [0.15, 0.2) is 0 Å². The van der Waals surface area contributed by atoms with Crippen LogP contribution < -0.4 is 4.74 Å². The quantitative estimate of drug-likeness (QED) is 0.766. The number of benzene rings is 1. The topological polar surface area (TPSA) is 18.5 Å². The molecule has 1 aliphatic heterocycles. The Morgan fingerprint density at radius 2 is 2.12 bits per heavy atom. The summed E-state index contributed by atoms with van der Waals surface area (Å²) < 4.78 is 11.2. The van der Waals surface area contributed by atoms with Crippen molar-refractivity contribution >= 4 is 11.6 Å². The predicted octanol–water partition coefficient (Wildman–Crippen LogP) is 3.54. The Morgan fingerprint density at radius 3 is 2.82 bits per heavy atom. The van der Waals surface area contributed by atoms with Crippen LogP contribution in [0.3, 0.4) is 0 Å². The fourth-order valence-electron chi connectivity index (χ4n) is 2.07. The minimum atomic E-state index is 0.505. The molecule has 1 aromatic carbocycles. The lowest BCUT2D eigenvalue weighted by Crippen LogP contribution is -2.21. The molecule has 2 nitrogen and oxygen atoms in total. The summed E-state index contributed by atoms with van der Waals surface area (Å²) in [5, 5.41) is 0. The van der Waals surface area contributed by atoms with Crippen LogP contribution in [-0.4, -0.2) is 19.8 Å². The third-order valence-corrected chi connectivity index (χ3v) is 3.46. The largest absolute Gasteiger partial charge is 0.493 e. The molecule has 0 amide bonds. The average molecular weight is 255 g/mol.